The number of hydrogen-bond acceptors (Lipinski definition) is 5. The van der Waals surface area contributed by atoms with E-state index >= 15 is 0 Å². The Morgan fingerprint density at radius 3 is 2.59 bits per heavy atom. The first-order valence-corrected chi connectivity index (χ1v) is 5.51. The molecule has 1 aromatic heterocycles. The standard InChI is InChI=1S/C10H15N5OS/c1-5(2)7(8(11)16)14-10-6(9(12)17)3-4-13-15-10/h3-5,7H,1-2H3,(H2,11,16)(H2,12,17)(H,14,15). The maximum Gasteiger partial charge on any atom is 0.240 e. The highest BCUT2D eigenvalue weighted by atomic mass is 32.1. The van der Waals surface area contributed by atoms with Crippen molar-refractivity contribution in [2.24, 2.45) is 17.4 Å². The summed E-state index contributed by atoms with van der Waals surface area (Å²) in [5, 5.41) is 10.5. The van der Waals surface area contributed by atoms with E-state index in [4.69, 9.17) is 23.7 Å². The summed E-state index contributed by atoms with van der Waals surface area (Å²) < 4.78 is 0. The Labute approximate surface area is 105 Å². The minimum absolute atomic E-state index is 0.0219. The van der Waals surface area contributed by atoms with E-state index in [2.05, 4.69) is 15.5 Å². The fourth-order valence-corrected chi connectivity index (χ4v) is 1.52. The lowest BCUT2D eigenvalue weighted by Gasteiger charge is -2.20. The minimum atomic E-state index is -0.542. The Bertz CT molecular complexity index is 434. The van der Waals surface area contributed by atoms with Gasteiger partial charge in [0.1, 0.15) is 11.0 Å². The number of amides is 1. The molecule has 1 rings (SSSR count). The molecule has 1 atom stereocenters. The van der Waals surface area contributed by atoms with Crippen LogP contribution in [0.1, 0.15) is 19.4 Å². The number of carbonyl (C=O) groups is 1. The van der Waals surface area contributed by atoms with Crippen LogP contribution >= 0.6 is 12.2 Å². The summed E-state index contributed by atoms with van der Waals surface area (Å²) in [5.41, 5.74) is 11.4. The number of aromatic nitrogens is 2. The molecule has 92 valence electrons. The van der Waals surface area contributed by atoms with Crippen LogP contribution in [0.5, 0.6) is 0 Å². The van der Waals surface area contributed by atoms with Gasteiger partial charge < -0.3 is 16.8 Å². The molecule has 0 bridgehead atoms. The number of nitrogens with two attached hydrogens (primary N) is 2. The summed E-state index contributed by atoms with van der Waals surface area (Å²) in [6.07, 6.45) is 1.48. The molecule has 17 heavy (non-hydrogen) atoms. The van der Waals surface area contributed by atoms with Crippen LogP contribution in [-0.2, 0) is 4.79 Å². The van der Waals surface area contributed by atoms with Crippen molar-refractivity contribution in [3.8, 4) is 0 Å². The van der Waals surface area contributed by atoms with Crippen molar-refractivity contribution in [2.75, 3.05) is 5.32 Å². The molecule has 0 aromatic carbocycles. The molecule has 5 N–H and O–H groups in total. The minimum Gasteiger partial charge on any atom is -0.389 e. The number of nitrogens with one attached hydrogen (secondary N) is 1. The lowest BCUT2D eigenvalue weighted by Crippen LogP contribution is -2.40. The van der Waals surface area contributed by atoms with Gasteiger partial charge in [0.2, 0.25) is 5.91 Å². The summed E-state index contributed by atoms with van der Waals surface area (Å²) >= 11 is 4.89. The largest absolute Gasteiger partial charge is 0.389 e. The number of carbonyl (C=O) groups excluding carboxylic acids is 1. The fourth-order valence-electron chi connectivity index (χ4n) is 1.35. The first-order chi connectivity index (χ1) is 7.93. The molecule has 0 radical (unpaired) electrons. The van der Waals surface area contributed by atoms with Gasteiger partial charge >= 0.3 is 0 Å². The summed E-state index contributed by atoms with van der Waals surface area (Å²) in [6, 6.07) is 1.09. The van der Waals surface area contributed by atoms with Crippen molar-refractivity contribution < 1.29 is 4.79 Å². The Kier molecular flexibility index (Phi) is 4.33. The van der Waals surface area contributed by atoms with Gasteiger partial charge in [0, 0.05) is 0 Å². The monoisotopic (exact) mass is 253 g/mol. The quantitative estimate of drug-likeness (QED) is 0.639. The summed E-state index contributed by atoms with van der Waals surface area (Å²) in [5.74, 6) is -0.0641. The Balaban J connectivity index is 3.01. The first kappa shape index (κ1) is 13.3. The molecule has 0 saturated carbocycles. The average Bonchev–Trinajstić information content (AvgIpc) is 2.25. The molecule has 0 saturated heterocycles. The highest BCUT2D eigenvalue weighted by Gasteiger charge is 2.21. The van der Waals surface area contributed by atoms with Crippen LogP contribution < -0.4 is 16.8 Å². The maximum atomic E-state index is 11.3. The topological polar surface area (TPSA) is 107 Å². The van der Waals surface area contributed by atoms with Crippen molar-refractivity contribution in [3.05, 3.63) is 17.8 Å². The van der Waals surface area contributed by atoms with E-state index in [-0.39, 0.29) is 10.9 Å². The van der Waals surface area contributed by atoms with Gasteiger partial charge in [0.25, 0.3) is 0 Å². The molecule has 1 unspecified atom stereocenters. The summed E-state index contributed by atoms with van der Waals surface area (Å²) in [6.45, 7) is 3.75. The van der Waals surface area contributed by atoms with Crippen molar-refractivity contribution in [1.82, 2.24) is 10.2 Å². The third kappa shape index (κ3) is 3.35. The van der Waals surface area contributed by atoms with Gasteiger partial charge in [0.05, 0.1) is 11.8 Å². The second-order valence-corrected chi connectivity index (χ2v) is 4.37. The van der Waals surface area contributed by atoms with E-state index in [1.807, 2.05) is 13.8 Å². The highest BCUT2D eigenvalue weighted by molar-refractivity contribution is 7.80. The van der Waals surface area contributed by atoms with Crippen molar-refractivity contribution >= 4 is 28.9 Å². The van der Waals surface area contributed by atoms with E-state index in [0.717, 1.165) is 0 Å². The molecule has 0 aliphatic rings. The lowest BCUT2D eigenvalue weighted by atomic mass is 10.0. The summed E-state index contributed by atoms with van der Waals surface area (Å²) in [4.78, 5) is 11.5. The second-order valence-electron chi connectivity index (χ2n) is 3.93. The molecular formula is C10H15N5OS. The van der Waals surface area contributed by atoms with Crippen LogP contribution in [0.4, 0.5) is 5.82 Å². The van der Waals surface area contributed by atoms with Crippen LogP contribution in [0.15, 0.2) is 12.3 Å². The zero-order chi connectivity index (χ0) is 13.0. The average molecular weight is 253 g/mol. The Morgan fingerprint density at radius 2 is 2.12 bits per heavy atom. The van der Waals surface area contributed by atoms with Gasteiger partial charge in [-0.05, 0) is 12.0 Å². The molecule has 1 heterocycles. The molecule has 6 nitrogen and oxygen atoms in total. The van der Waals surface area contributed by atoms with Crippen LogP contribution in [-0.4, -0.2) is 27.1 Å². The van der Waals surface area contributed by atoms with Crippen LogP contribution in [0.25, 0.3) is 0 Å². The van der Waals surface area contributed by atoms with Crippen molar-refractivity contribution in [1.29, 1.82) is 0 Å². The van der Waals surface area contributed by atoms with Crippen molar-refractivity contribution in [3.63, 3.8) is 0 Å². The number of hydrogen-bond donors (Lipinski definition) is 3. The smallest absolute Gasteiger partial charge is 0.240 e. The van der Waals surface area contributed by atoms with E-state index in [0.29, 0.717) is 11.4 Å². The number of nitrogens with zero attached hydrogens (tertiary/aromatic N) is 2. The normalized spacial score (nSPS) is 12.2. The predicted molar refractivity (Wildman–Crippen MR) is 69.4 cm³/mol. The van der Waals surface area contributed by atoms with Gasteiger partial charge in [-0.25, -0.2) is 0 Å². The number of rotatable bonds is 5. The molecule has 1 aromatic rings. The molecule has 0 fully saturated rings. The van der Waals surface area contributed by atoms with Crippen LogP contribution in [0.2, 0.25) is 0 Å². The SMILES string of the molecule is CC(C)C(Nc1nnccc1C(N)=S)C(N)=O. The molecule has 1 amide bonds. The van der Waals surface area contributed by atoms with Crippen molar-refractivity contribution in [2.45, 2.75) is 19.9 Å². The number of thiocarbonyl (C=S) groups is 1. The zero-order valence-electron chi connectivity index (χ0n) is 9.68. The third-order valence-electron chi connectivity index (χ3n) is 2.25. The van der Waals surface area contributed by atoms with E-state index in [1.165, 1.54) is 6.20 Å². The lowest BCUT2D eigenvalue weighted by molar-refractivity contribution is -0.119. The fraction of sp³-hybridized carbons (Fsp3) is 0.400. The Morgan fingerprint density at radius 1 is 1.47 bits per heavy atom. The zero-order valence-corrected chi connectivity index (χ0v) is 10.5. The summed E-state index contributed by atoms with van der Waals surface area (Å²) in [7, 11) is 0. The van der Waals surface area contributed by atoms with Gasteiger partial charge in [-0.3, -0.25) is 4.79 Å². The molecule has 7 heteroatoms. The third-order valence-corrected chi connectivity index (χ3v) is 2.47. The maximum absolute atomic E-state index is 11.3. The molecule has 0 aliphatic carbocycles. The molecule has 0 aliphatic heterocycles. The first-order valence-electron chi connectivity index (χ1n) is 5.10. The second kappa shape index (κ2) is 5.53. The molecule has 0 spiro atoms. The van der Waals surface area contributed by atoms with Gasteiger partial charge in [-0.2, -0.15) is 5.10 Å². The van der Waals surface area contributed by atoms with Crippen LogP contribution in [0.3, 0.4) is 0 Å². The van der Waals surface area contributed by atoms with E-state index in [9.17, 15) is 4.79 Å². The highest BCUT2D eigenvalue weighted by Crippen LogP contribution is 2.14. The van der Waals surface area contributed by atoms with Gasteiger partial charge in [0.15, 0.2) is 5.82 Å². The van der Waals surface area contributed by atoms with Crippen LogP contribution in [0, 0.1) is 5.92 Å². The predicted octanol–water partition coefficient (Wildman–Crippen LogP) is 0.0326. The van der Waals surface area contributed by atoms with Gasteiger partial charge in [-0.1, -0.05) is 26.1 Å². The number of primary amides is 1. The van der Waals surface area contributed by atoms with E-state index < -0.39 is 11.9 Å². The Hall–Kier alpha value is -1.76. The van der Waals surface area contributed by atoms with Gasteiger partial charge in [-0.15, -0.1) is 5.10 Å². The van der Waals surface area contributed by atoms with E-state index in [1.54, 1.807) is 6.07 Å². The molecular weight excluding hydrogens is 238 g/mol. The number of anilines is 1.